The van der Waals surface area contributed by atoms with Crippen LogP contribution >= 0.6 is 69.8 Å². The second-order valence-electron chi connectivity index (χ2n) is 3.80. The van der Waals surface area contributed by atoms with Crippen LogP contribution in [-0.4, -0.2) is 28.8 Å². The van der Waals surface area contributed by atoms with Gasteiger partial charge in [0.1, 0.15) is 6.04 Å². The largest absolute Gasteiger partial charge is 0.480 e. The molecule has 0 fully saturated rings. The maximum atomic E-state index is 11.0. The van der Waals surface area contributed by atoms with Crippen LogP contribution in [0.15, 0.2) is 4.90 Å². The SMILES string of the molecule is CC(=O)NC(CSc1c(Cl)c(Cl)c(Cl)c(Cl)c1Cl)C(=O)O. The second kappa shape index (κ2) is 7.99. The van der Waals surface area contributed by atoms with Gasteiger partial charge in [-0.25, -0.2) is 4.79 Å². The average Bonchev–Trinajstić information content (AvgIpc) is 2.41. The van der Waals surface area contributed by atoms with E-state index in [0.717, 1.165) is 11.8 Å². The first-order valence-electron chi connectivity index (χ1n) is 5.31. The van der Waals surface area contributed by atoms with E-state index in [4.69, 9.17) is 63.1 Å². The van der Waals surface area contributed by atoms with Gasteiger partial charge < -0.3 is 10.4 Å². The molecule has 1 aromatic rings. The average molecular weight is 412 g/mol. The molecule has 21 heavy (non-hydrogen) atoms. The van der Waals surface area contributed by atoms with Crippen LogP contribution in [0.2, 0.25) is 25.1 Å². The number of hydrogen-bond acceptors (Lipinski definition) is 3. The van der Waals surface area contributed by atoms with Crippen molar-refractivity contribution in [3.05, 3.63) is 25.1 Å². The summed E-state index contributed by atoms with van der Waals surface area (Å²) in [5, 5.41) is 11.6. The number of halogens is 5. The summed E-state index contributed by atoms with van der Waals surface area (Å²) in [4.78, 5) is 22.3. The van der Waals surface area contributed by atoms with Crippen molar-refractivity contribution in [2.75, 3.05) is 5.75 Å². The molecular weight excluding hydrogens is 403 g/mol. The number of carbonyl (C=O) groups excluding carboxylic acids is 1. The molecule has 4 nitrogen and oxygen atoms in total. The second-order valence-corrected chi connectivity index (χ2v) is 6.72. The lowest BCUT2D eigenvalue weighted by Crippen LogP contribution is -2.41. The van der Waals surface area contributed by atoms with Gasteiger partial charge in [-0.1, -0.05) is 58.0 Å². The number of nitrogens with one attached hydrogen (secondary N) is 1. The lowest BCUT2D eigenvalue weighted by Gasteiger charge is -2.15. The van der Waals surface area contributed by atoms with Gasteiger partial charge in [0.05, 0.1) is 25.1 Å². The summed E-state index contributed by atoms with van der Waals surface area (Å²) in [6.45, 7) is 1.22. The third-order valence-electron chi connectivity index (χ3n) is 2.24. The third kappa shape index (κ3) is 4.71. The molecule has 1 rings (SSSR count). The molecule has 0 radical (unpaired) electrons. The minimum Gasteiger partial charge on any atom is -0.480 e. The van der Waals surface area contributed by atoms with Gasteiger partial charge in [0, 0.05) is 17.6 Å². The smallest absolute Gasteiger partial charge is 0.327 e. The summed E-state index contributed by atoms with van der Waals surface area (Å²) < 4.78 is 0. The molecule has 0 aromatic heterocycles. The molecule has 0 aliphatic rings. The number of aliphatic carboxylic acids is 1. The van der Waals surface area contributed by atoms with Gasteiger partial charge in [-0.2, -0.15) is 0 Å². The van der Waals surface area contributed by atoms with E-state index >= 15 is 0 Å². The van der Waals surface area contributed by atoms with Crippen LogP contribution in [0, 0.1) is 0 Å². The fourth-order valence-electron chi connectivity index (χ4n) is 1.30. The Morgan fingerprint density at radius 3 is 1.86 bits per heavy atom. The summed E-state index contributed by atoms with van der Waals surface area (Å²) in [5.41, 5.74) is 0. The van der Waals surface area contributed by atoms with E-state index in [1.165, 1.54) is 6.92 Å². The van der Waals surface area contributed by atoms with Crippen molar-refractivity contribution in [2.45, 2.75) is 17.9 Å². The Morgan fingerprint density at radius 1 is 1.05 bits per heavy atom. The first-order valence-corrected chi connectivity index (χ1v) is 8.18. The van der Waals surface area contributed by atoms with Crippen LogP contribution < -0.4 is 5.32 Å². The summed E-state index contributed by atoms with van der Waals surface area (Å²) in [6, 6.07) is -1.10. The lowest BCUT2D eigenvalue weighted by atomic mass is 10.3. The highest BCUT2D eigenvalue weighted by Crippen LogP contribution is 2.47. The highest BCUT2D eigenvalue weighted by molar-refractivity contribution is 7.99. The topological polar surface area (TPSA) is 66.4 Å². The number of thioether (sulfide) groups is 1. The predicted octanol–water partition coefficient (Wildman–Crippen LogP) is 4.64. The van der Waals surface area contributed by atoms with Gasteiger partial charge in [-0.05, 0) is 0 Å². The van der Waals surface area contributed by atoms with Crippen LogP contribution in [-0.2, 0) is 9.59 Å². The number of amides is 1. The molecule has 0 spiro atoms. The van der Waals surface area contributed by atoms with Crippen molar-refractivity contribution >= 4 is 81.6 Å². The summed E-state index contributed by atoms with van der Waals surface area (Å²) in [5.74, 6) is -1.66. The number of carboxylic acid groups (broad SMARTS) is 1. The predicted molar refractivity (Wildman–Crippen MR) is 87.5 cm³/mol. The first kappa shape index (κ1) is 19.0. The zero-order valence-electron chi connectivity index (χ0n) is 10.3. The van der Waals surface area contributed by atoms with Gasteiger partial charge in [0.15, 0.2) is 0 Å². The molecular formula is C11H8Cl5NO3S. The van der Waals surface area contributed by atoms with Crippen LogP contribution in [0.4, 0.5) is 0 Å². The summed E-state index contributed by atoms with van der Waals surface area (Å²) in [7, 11) is 0. The number of rotatable bonds is 5. The number of carboxylic acids is 1. The van der Waals surface area contributed by atoms with E-state index in [1.54, 1.807) is 0 Å². The summed E-state index contributed by atoms with van der Waals surface area (Å²) >= 11 is 30.7. The van der Waals surface area contributed by atoms with E-state index in [1.807, 2.05) is 0 Å². The van der Waals surface area contributed by atoms with Gasteiger partial charge in [0.25, 0.3) is 0 Å². The number of benzene rings is 1. The molecule has 2 N–H and O–H groups in total. The molecule has 0 aliphatic carbocycles. The van der Waals surface area contributed by atoms with E-state index in [9.17, 15) is 9.59 Å². The fraction of sp³-hybridized carbons (Fsp3) is 0.273. The quantitative estimate of drug-likeness (QED) is 0.421. The number of hydrogen-bond donors (Lipinski definition) is 2. The van der Waals surface area contributed by atoms with Gasteiger partial charge in [-0.15, -0.1) is 11.8 Å². The van der Waals surface area contributed by atoms with Gasteiger partial charge in [-0.3, -0.25) is 4.79 Å². The standard InChI is InChI=1S/C11H8Cl5NO3S/c1-3(18)17-4(11(19)20)2-21-10-8(15)6(13)5(12)7(14)9(10)16/h4H,2H2,1H3,(H,17,18)(H,19,20). The molecule has 116 valence electrons. The zero-order valence-corrected chi connectivity index (χ0v) is 14.9. The van der Waals surface area contributed by atoms with Crippen LogP contribution in [0.3, 0.4) is 0 Å². The minimum atomic E-state index is -1.18. The van der Waals surface area contributed by atoms with Crippen molar-refractivity contribution in [3.63, 3.8) is 0 Å². The van der Waals surface area contributed by atoms with Gasteiger partial charge >= 0.3 is 5.97 Å². The normalized spacial score (nSPS) is 12.1. The van der Waals surface area contributed by atoms with Gasteiger partial charge in [0.2, 0.25) is 5.91 Å². The molecule has 0 saturated carbocycles. The van der Waals surface area contributed by atoms with E-state index < -0.39 is 17.9 Å². The maximum absolute atomic E-state index is 11.0. The molecule has 10 heteroatoms. The van der Waals surface area contributed by atoms with Crippen molar-refractivity contribution < 1.29 is 14.7 Å². The molecule has 1 unspecified atom stereocenters. The Kier molecular flexibility index (Phi) is 7.24. The maximum Gasteiger partial charge on any atom is 0.327 e. The monoisotopic (exact) mass is 409 g/mol. The molecule has 0 heterocycles. The molecule has 0 aliphatic heterocycles. The Balaban J connectivity index is 3.03. The van der Waals surface area contributed by atoms with Crippen molar-refractivity contribution in [1.29, 1.82) is 0 Å². The van der Waals surface area contributed by atoms with Crippen molar-refractivity contribution in [1.82, 2.24) is 5.32 Å². The van der Waals surface area contributed by atoms with Crippen molar-refractivity contribution in [2.24, 2.45) is 0 Å². The molecule has 1 amide bonds. The zero-order chi connectivity index (χ0) is 16.3. The molecule has 1 atom stereocenters. The molecule has 0 bridgehead atoms. The minimum absolute atomic E-state index is 0.0113. The molecule has 0 saturated heterocycles. The van der Waals surface area contributed by atoms with E-state index in [2.05, 4.69) is 5.32 Å². The first-order chi connectivity index (χ1) is 9.66. The Bertz CT molecular complexity index is 567. The van der Waals surface area contributed by atoms with Crippen molar-refractivity contribution in [3.8, 4) is 0 Å². The van der Waals surface area contributed by atoms with Crippen LogP contribution in [0.25, 0.3) is 0 Å². The number of carbonyl (C=O) groups is 2. The highest BCUT2D eigenvalue weighted by atomic mass is 35.5. The molecule has 1 aromatic carbocycles. The Hall–Kier alpha value is -0.0400. The van der Waals surface area contributed by atoms with E-state index in [0.29, 0.717) is 4.90 Å². The van der Waals surface area contributed by atoms with Crippen LogP contribution in [0.5, 0.6) is 0 Å². The van der Waals surface area contributed by atoms with E-state index in [-0.39, 0.29) is 30.9 Å². The highest BCUT2D eigenvalue weighted by Gasteiger charge is 2.23. The third-order valence-corrected chi connectivity index (χ3v) is 5.94. The fourth-order valence-corrected chi connectivity index (χ4v) is 3.89. The Labute approximate surface area is 150 Å². The summed E-state index contributed by atoms with van der Waals surface area (Å²) in [6.07, 6.45) is 0. The lowest BCUT2D eigenvalue weighted by molar-refractivity contribution is -0.140. The van der Waals surface area contributed by atoms with Crippen LogP contribution in [0.1, 0.15) is 6.92 Å². The Morgan fingerprint density at radius 2 is 1.48 bits per heavy atom.